The average molecular weight is 330 g/mol. The van der Waals surface area contributed by atoms with Crippen LogP contribution in [0.5, 0.6) is 5.75 Å². The van der Waals surface area contributed by atoms with Gasteiger partial charge in [-0.2, -0.15) is 0 Å². The highest BCUT2D eigenvalue weighted by Gasteiger charge is 2.21. The lowest BCUT2D eigenvalue weighted by Gasteiger charge is -2.08. The first-order chi connectivity index (χ1) is 12.2. The molecule has 1 N–H and O–H groups in total. The van der Waals surface area contributed by atoms with E-state index >= 15 is 0 Å². The summed E-state index contributed by atoms with van der Waals surface area (Å²) in [6.45, 7) is 0.353. The number of amides is 2. The summed E-state index contributed by atoms with van der Waals surface area (Å²) < 4.78 is 5.76. The van der Waals surface area contributed by atoms with Gasteiger partial charge >= 0.3 is 0 Å². The van der Waals surface area contributed by atoms with E-state index in [1.165, 1.54) is 6.08 Å². The van der Waals surface area contributed by atoms with E-state index in [4.69, 9.17) is 4.74 Å². The Balaban J connectivity index is 1.47. The highest BCUT2D eigenvalue weighted by atomic mass is 16.5. The van der Waals surface area contributed by atoms with Crippen LogP contribution in [0.1, 0.15) is 11.3 Å². The summed E-state index contributed by atoms with van der Waals surface area (Å²) in [6.07, 6.45) is 1.30. The molecule has 5 nitrogen and oxygen atoms in total. The molecule has 1 aromatic heterocycles. The van der Waals surface area contributed by atoms with Crippen LogP contribution >= 0.6 is 0 Å². The summed E-state index contributed by atoms with van der Waals surface area (Å²) in [5.74, 6) is -0.0919. The Hall–Kier alpha value is -3.47. The molecule has 122 valence electrons. The number of benzene rings is 2. The molecule has 0 aliphatic carbocycles. The van der Waals surface area contributed by atoms with Crippen molar-refractivity contribution in [3.05, 3.63) is 78.0 Å². The average Bonchev–Trinajstić information content (AvgIpc) is 2.98. The number of pyridine rings is 1. The minimum atomic E-state index is -0.386. The Labute approximate surface area is 144 Å². The van der Waals surface area contributed by atoms with Crippen molar-refractivity contribution in [3.63, 3.8) is 0 Å². The van der Waals surface area contributed by atoms with Crippen LogP contribution in [0.4, 0.5) is 0 Å². The zero-order valence-electron chi connectivity index (χ0n) is 13.2. The summed E-state index contributed by atoms with van der Waals surface area (Å²) in [5, 5.41) is 3.32. The van der Waals surface area contributed by atoms with Gasteiger partial charge in [0, 0.05) is 11.5 Å². The highest BCUT2D eigenvalue weighted by Crippen LogP contribution is 2.22. The van der Waals surface area contributed by atoms with Gasteiger partial charge in [-0.3, -0.25) is 14.9 Å². The topological polar surface area (TPSA) is 68.3 Å². The summed E-state index contributed by atoms with van der Waals surface area (Å²) in [5.41, 5.74) is 2.82. The molecule has 0 bridgehead atoms. The first-order valence-corrected chi connectivity index (χ1v) is 7.84. The molecule has 0 unspecified atom stereocenters. The quantitative estimate of drug-likeness (QED) is 0.747. The van der Waals surface area contributed by atoms with Gasteiger partial charge in [0.1, 0.15) is 12.4 Å². The number of nitrogens with one attached hydrogen (secondary N) is 1. The molecule has 0 saturated heterocycles. The van der Waals surface area contributed by atoms with E-state index in [2.05, 4.69) is 10.3 Å². The maximum absolute atomic E-state index is 11.6. The molecular formula is C20H14N2O3. The van der Waals surface area contributed by atoms with Gasteiger partial charge < -0.3 is 4.74 Å². The normalized spacial score (nSPS) is 13.7. The number of hydrogen-bond acceptors (Lipinski definition) is 4. The second-order valence-corrected chi connectivity index (χ2v) is 5.68. The Bertz CT molecular complexity index is 1010. The van der Waals surface area contributed by atoms with Crippen LogP contribution in [0.2, 0.25) is 0 Å². The number of fused-ring (bicyclic) bond motifs is 1. The zero-order valence-corrected chi connectivity index (χ0v) is 13.2. The molecule has 2 heterocycles. The number of para-hydroxylation sites is 1. The van der Waals surface area contributed by atoms with E-state index in [0.29, 0.717) is 23.5 Å². The largest absolute Gasteiger partial charge is 0.487 e. The lowest BCUT2D eigenvalue weighted by atomic mass is 10.1. The van der Waals surface area contributed by atoms with Crippen LogP contribution in [0.3, 0.4) is 0 Å². The van der Waals surface area contributed by atoms with Gasteiger partial charge in [0.25, 0.3) is 11.8 Å². The fraction of sp³-hybridized carbons (Fsp3) is 0.0500. The molecule has 4 rings (SSSR count). The number of carbonyl (C=O) groups is 2. The number of imide groups is 1. The third-order valence-corrected chi connectivity index (χ3v) is 3.96. The predicted octanol–water partition coefficient (Wildman–Crippen LogP) is 2.85. The van der Waals surface area contributed by atoms with Gasteiger partial charge in [-0.05, 0) is 29.8 Å². The molecular weight excluding hydrogens is 316 g/mol. The molecule has 3 aromatic rings. The molecule has 0 spiro atoms. The summed E-state index contributed by atoms with van der Waals surface area (Å²) >= 11 is 0. The van der Waals surface area contributed by atoms with Crippen molar-refractivity contribution in [2.24, 2.45) is 0 Å². The van der Waals surface area contributed by atoms with E-state index in [9.17, 15) is 9.59 Å². The summed E-state index contributed by atoms with van der Waals surface area (Å²) in [7, 11) is 0. The van der Waals surface area contributed by atoms with Crippen LogP contribution in [-0.4, -0.2) is 16.8 Å². The van der Waals surface area contributed by atoms with Crippen LogP contribution < -0.4 is 10.1 Å². The number of hydrogen-bond donors (Lipinski definition) is 1. The van der Waals surface area contributed by atoms with Gasteiger partial charge in [-0.25, -0.2) is 4.98 Å². The molecule has 0 fully saturated rings. The van der Waals surface area contributed by atoms with Crippen molar-refractivity contribution >= 4 is 28.3 Å². The fourth-order valence-corrected chi connectivity index (χ4v) is 2.70. The van der Waals surface area contributed by atoms with Gasteiger partial charge in [-0.1, -0.05) is 36.4 Å². The van der Waals surface area contributed by atoms with Crippen LogP contribution in [0, 0.1) is 0 Å². The van der Waals surface area contributed by atoms with Crippen molar-refractivity contribution in [1.82, 2.24) is 10.3 Å². The number of carbonyl (C=O) groups excluding carboxylic acids is 2. The zero-order chi connectivity index (χ0) is 17.2. The summed E-state index contributed by atoms with van der Waals surface area (Å²) in [4.78, 5) is 27.4. The number of aromatic nitrogens is 1. The van der Waals surface area contributed by atoms with E-state index in [1.807, 2.05) is 36.4 Å². The Morgan fingerprint density at radius 2 is 1.72 bits per heavy atom. The van der Waals surface area contributed by atoms with Crippen LogP contribution in [0.15, 0.2) is 66.7 Å². The standard InChI is InChI=1S/C20H14N2O3/c23-19-11-17(20(24)22-19)13-6-9-16(10-7-13)25-12-15-8-5-14-3-1-2-4-18(14)21-15/h1-11H,12H2,(H,22,23,24). The SMILES string of the molecule is O=C1C=C(c2ccc(OCc3ccc4ccccc4n3)cc2)C(=O)N1. The molecule has 1 aliphatic heterocycles. The molecule has 0 saturated carbocycles. The van der Waals surface area contributed by atoms with E-state index in [1.54, 1.807) is 24.3 Å². The van der Waals surface area contributed by atoms with Gasteiger partial charge in [0.2, 0.25) is 0 Å². The molecule has 1 aliphatic rings. The highest BCUT2D eigenvalue weighted by molar-refractivity contribution is 6.33. The molecule has 25 heavy (non-hydrogen) atoms. The number of rotatable bonds is 4. The monoisotopic (exact) mass is 330 g/mol. The third kappa shape index (κ3) is 3.12. The first-order valence-electron chi connectivity index (χ1n) is 7.84. The van der Waals surface area contributed by atoms with Gasteiger partial charge in [0.05, 0.1) is 16.8 Å². The van der Waals surface area contributed by atoms with Crippen molar-refractivity contribution < 1.29 is 14.3 Å². The van der Waals surface area contributed by atoms with Crippen molar-refractivity contribution in [2.45, 2.75) is 6.61 Å². The lowest BCUT2D eigenvalue weighted by molar-refractivity contribution is -0.123. The molecule has 0 radical (unpaired) electrons. The van der Waals surface area contributed by atoms with Gasteiger partial charge in [-0.15, -0.1) is 0 Å². The fourth-order valence-electron chi connectivity index (χ4n) is 2.70. The lowest BCUT2D eigenvalue weighted by Crippen LogP contribution is -2.21. The van der Waals surface area contributed by atoms with E-state index < -0.39 is 0 Å². The third-order valence-electron chi connectivity index (χ3n) is 3.96. The molecule has 2 amide bonds. The maximum atomic E-state index is 11.6. The molecule has 2 aromatic carbocycles. The maximum Gasteiger partial charge on any atom is 0.258 e. The van der Waals surface area contributed by atoms with Crippen LogP contribution in [0.25, 0.3) is 16.5 Å². The number of nitrogens with zero attached hydrogens (tertiary/aromatic N) is 1. The predicted molar refractivity (Wildman–Crippen MR) is 93.6 cm³/mol. The van der Waals surface area contributed by atoms with Crippen molar-refractivity contribution in [2.75, 3.05) is 0 Å². The summed E-state index contributed by atoms with van der Waals surface area (Å²) in [6, 6.07) is 18.9. The first kappa shape index (κ1) is 15.1. The minimum absolute atomic E-state index is 0.353. The van der Waals surface area contributed by atoms with Crippen LogP contribution in [-0.2, 0) is 16.2 Å². The Kier molecular flexibility index (Phi) is 3.74. The molecule has 0 atom stereocenters. The van der Waals surface area contributed by atoms with Crippen molar-refractivity contribution in [1.29, 1.82) is 0 Å². The smallest absolute Gasteiger partial charge is 0.258 e. The Morgan fingerprint density at radius 3 is 2.48 bits per heavy atom. The van der Waals surface area contributed by atoms with Crippen molar-refractivity contribution in [3.8, 4) is 5.75 Å². The Morgan fingerprint density at radius 1 is 0.920 bits per heavy atom. The second-order valence-electron chi connectivity index (χ2n) is 5.68. The van der Waals surface area contributed by atoms with E-state index in [-0.39, 0.29) is 11.8 Å². The molecule has 5 heteroatoms. The minimum Gasteiger partial charge on any atom is -0.487 e. The number of ether oxygens (including phenoxy) is 1. The second kappa shape index (κ2) is 6.20. The van der Waals surface area contributed by atoms with E-state index in [0.717, 1.165) is 16.6 Å². The van der Waals surface area contributed by atoms with Gasteiger partial charge in [0.15, 0.2) is 0 Å².